The molecule has 1 aliphatic rings. The third kappa shape index (κ3) is 2.48. The summed E-state index contributed by atoms with van der Waals surface area (Å²) in [7, 11) is 0. The van der Waals surface area contributed by atoms with E-state index in [1.165, 1.54) is 18.8 Å². The molecule has 13 heavy (non-hydrogen) atoms. The summed E-state index contributed by atoms with van der Waals surface area (Å²) in [6.45, 7) is 4.30. The van der Waals surface area contributed by atoms with Crippen molar-refractivity contribution < 1.29 is 4.52 Å². The van der Waals surface area contributed by atoms with Crippen molar-refractivity contribution in [1.29, 1.82) is 0 Å². The lowest BCUT2D eigenvalue weighted by Gasteiger charge is -2.26. The predicted molar refractivity (Wildman–Crippen MR) is 53.8 cm³/mol. The van der Waals surface area contributed by atoms with Gasteiger partial charge in [-0.2, -0.15) is 11.8 Å². The maximum atomic E-state index is 4.99. The van der Waals surface area contributed by atoms with Gasteiger partial charge in [-0.3, -0.25) is 0 Å². The van der Waals surface area contributed by atoms with E-state index < -0.39 is 0 Å². The van der Waals surface area contributed by atoms with Gasteiger partial charge in [-0.05, 0) is 31.7 Å². The summed E-state index contributed by atoms with van der Waals surface area (Å²) in [5.74, 6) is 3.99. The predicted octanol–water partition coefficient (Wildman–Crippen LogP) is 1.44. The molecular weight excluding hydrogens is 184 g/mol. The summed E-state index contributed by atoms with van der Waals surface area (Å²) in [6, 6.07) is 2.01. The number of hydrogen-bond donors (Lipinski definition) is 1. The molecule has 1 aromatic rings. The molecule has 0 amide bonds. The van der Waals surface area contributed by atoms with Crippen molar-refractivity contribution in [1.82, 2.24) is 10.5 Å². The maximum absolute atomic E-state index is 4.99. The molecule has 0 unspecified atom stereocenters. The number of rotatable bonds is 4. The molecule has 0 saturated carbocycles. The summed E-state index contributed by atoms with van der Waals surface area (Å²) >= 11 is 1.94. The number of aryl methyl sites for hydroxylation is 1. The lowest BCUT2D eigenvalue weighted by atomic mass is 10.1. The summed E-state index contributed by atoms with van der Waals surface area (Å²) in [5, 5.41) is 7.21. The number of nitrogens with zero attached hydrogens (tertiary/aromatic N) is 1. The van der Waals surface area contributed by atoms with Crippen molar-refractivity contribution in [3.63, 3.8) is 0 Å². The highest BCUT2D eigenvalue weighted by Gasteiger charge is 2.16. The van der Waals surface area contributed by atoms with E-state index in [0.29, 0.717) is 0 Å². The summed E-state index contributed by atoms with van der Waals surface area (Å²) in [4.78, 5) is 0. The second-order valence-electron chi connectivity index (χ2n) is 3.47. The van der Waals surface area contributed by atoms with Crippen LogP contribution in [-0.2, 0) is 5.75 Å². The Balaban J connectivity index is 1.67. The Morgan fingerprint density at radius 2 is 2.54 bits per heavy atom. The number of nitrogens with one attached hydrogen (secondary N) is 1. The van der Waals surface area contributed by atoms with E-state index in [1.807, 2.05) is 24.8 Å². The molecule has 1 N–H and O–H groups in total. The fourth-order valence-corrected chi connectivity index (χ4v) is 2.31. The minimum atomic E-state index is 0.873. The van der Waals surface area contributed by atoms with E-state index in [2.05, 4.69) is 10.5 Å². The summed E-state index contributed by atoms with van der Waals surface area (Å²) < 4.78 is 4.99. The summed E-state index contributed by atoms with van der Waals surface area (Å²) in [5.41, 5.74) is 1.06. The molecule has 1 fully saturated rings. The molecule has 2 rings (SSSR count). The van der Waals surface area contributed by atoms with Gasteiger partial charge in [0.05, 0.1) is 5.69 Å². The second-order valence-corrected chi connectivity index (χ2v) is 4.50. The topological polar surface area (TPSA) is 38.1 Å². The minimum Gasteiger partial charge on any atom is -0.361 e. The average Bonchev–Trinajstić information content (AvgIpc) is 2.42. The Bertz CT molecular complexity index is 270. The molecule has 0 aliphatic carbocycles. The lowest BCUT2D eigenvalue weighted by molar-refractivity contribution is 0.384. The minimum absolute atomic E-state index is 0.873. The monoisotopic (exact) mass is 198 g/mol. The van der Waals surface area contributed by atoms with Gasteiger partial charge in [0.2, 0.25) is 0 Å². The highest BCUT2D eigenvalue weighted by Crippen LogP contribution is 2.17. The smallest absolute Gasteiger partial charge is 0.133 e. The fraction of sp³-hybridized carbons (Fsp3) is 0.667. The number of aromatic nitrogens is 1. The van der Waals surface area contributed by atoms with Gasteiger partial charge in [-0.15, -0.1) is 0 Å². The molecule has 1 aromatic heterocycles. The van der Waals surface area contributed by atoms with Crippen LogP contribution in [0.15, 0.2) is 10.6 Å². The quantitative estimate of drug-likeness (QED) is 0.794. The van der Waals surface area contributed by atoms with E-state index in [4.69, 9.17) is 4.52 Å². The van der Waals surface area contributed by atoms with Crippen molar-refractivity contribution in [3.05, 3.63) is 17.5 Å². The van der Waals surface area contributed by atoms with Gasteiger partial charge >= 0.3 is 0 Å². The van der Waals surface area contributed by atoms with Crippen LogP contribution in [0.5, 0.6) is 0 Å². The van der Waals surface area contributed by atoms with Gasteiger partial charge in [0.15, 0.2) is 0 Å². The molecule has 0 bridgehead atoms. The van der Waals surface area contributed by atoms with Gasteiger partial charge in [-0.25, -0.2) is 0 Å². The first kappa shape index (κ1) is 9.09. The molecule has 2 heterocycles. The Labute approximate surface area is 82.3 Å². The van der Waals surface area contributed by atoms with E-state index in [1.54, 1.807) is 0 Å². The van der Waals surface area contributed by atoms with Crippen molar-refractivity contribution >= 4 is 11.8 Å². The Kier molecular flexibility index (Phi) is 2.90. The van der Waals surface area contributed by atoms with Crippen molar-refractivity contribution in [2.45, 2.75) is 12.7 Å². The molecule has 1 aliphatic heterocycles. The molecule has 4 heteroatoms. The van der Waals surface area contributed by atoms with Gasteiger partial charge in [-0.1, -0.05) is 5.16 Å². The zero-order chi connectivity index (χ0) is 9.10. The number of hydrogen-bond acceptors (Lipinski definition) is 4. The van der Waals surface area contributed by atoms with Gasteiger partial charge in [0, 0.05) is 11.8 Å². The standard InChI is InChI=1S/C9H14N2OS/c1-7-2-9(11-12-7)6-13-5-8-3-10-4-8/h2,8,10H,3-6H2,1H3. The largest absolute Gasteiger partial charge is 0.361 e. The Hall–Kier alpha value is -0.480. The first-order valence-corrected chi connectivity index (χ1v) is 5.71. The second kappa shape index (κ2) is 4.15. The van der Waals surface area contributed by atoms with Crippen molar-refractivity contribution in [3.8, 4) is 0 Å². The molecular formula is C9H14N2OS. The van der Waals surface area contributed by atoms with Gasteiger partial charge in [0.25, 0.3) is 0 Å². The van der Waals surface area contributed by atoms with Crippen LogP contribution < -0.4 is 5.32 Å². The molecule has 72 valence electrons. The first-order valence-electron chi connectivity index (χ1n) is 4.55. The van der Waals surface area contributed by atoms with Crippen LogP contribution in [-0.4, -0.2) is 24.0 Å². The normalized spacial score (nSPS) is 17.3. The van der Waals surface area contributed by atoms with Crippen LogP contribution in [0.25, 0.3) is 0 Å². The molecule has 0 atom stereocenters. The zero-order valence-electron chi connectivity index (χ0n) is 7.75. The Morgan fingerprint density at radius 1 is 1.69 bits per heavy atom. The summed E-state index contributed by atoms with van der Waals surface area (Å²) in [6.07, 6.45) is 0. The van der Waals surface area contributed by atoms with E-state index in [-0.39, 0.29) is 0 Å². The fourth-order valence-electron chi connectivity index (χ4n) is 1.28. The third-order valence-electron chi connectivity index (χ3n) is 2.15. The van der Waals surface area contributed by atoms with Crippen LogP contribution in [0.1, 0.15) is 11.5 Å². The van der Waals surface area contributed by atoms with Crippen LogP contribution in [0.4, 0.5) is 0 Å². The highest BCUT2D eigenvalue weighted by molar-refractivity contribution is 7.98. The van der Waals surface area contributed by atoms with Crippen molar-refractivity contribution in [2.24, 2.45) is 5.92 Å². The van der Waals surface area contributed by atoms with Crippen LogP contribution in [0.2, 0.25) is 0 Å². The lowest BCUT2D eigenvalue weighted by Crippen LogP contribution is -2.43. The molecule has 1 saturated heterocycles. The van der Waals surface area contributed by atoms with E-state index >= 15 is 0 Å². The SMILES string of the molecule is Cc1cc(CSCC2CNC2)no1. The molecule has 3 nitrogen and oxygen atoms in total. The van der Waals surface area contributed by atoms with Gasteiger partial charge in [0.1, 0.15) is 5.76 Å². The highest BCUT2D eigenvalue weighted by atomic mass is 32.2. The van der Waals surface area contributed by atoms with E-state index in [0.717, 1.165) is 23.1 Å². The van der Waals surface area contributed by atoms with Crippen molar-refractivity contribution in [2.75, 3.05) is 18.8 Å². The van der Waals surface area contributed by atoms with Crippen LogP contribution in [0, 0.1) is 12.8 Å². The maximum Gasteiger partial charge on any atom is 0.133 e. The van der Waals surface area contributed by atoms with Gasteiger partial charge < -0.3 is 9.84 Å². The Morgan fingerprint density at radius 3 is 3.08 bits per heavy atom. The van der Waals surface area contributed by atoms with Crippen LogP contribution >= 0.6 is 11.8 Å². The first-order chi connectivity index (χ1) is 6.34. The average molecular weight is 198 g/mol. The molecule has 0 radical (unpaired) electrons. The molecule has 0 aromatic carbocycles. The zero-order valence-corrected chi connectivity index (χ0v) is 8.56. The van der Waals surface area contributed by atoms with E-state index in [9.17, 15) is 0 Å². The van der Waals surface area contributed by atoms with Crippen LogP contribution in [0.3, 0.4) is 0 Å². The number of thioether (sulfide) groups is 1. The third-order valence-corrected chi connectivity index (χ3v) is 3.35. The molecule has 0 spiro atoms.